The minimum Gasteiger partial charge on any atom is -0.480 e. The Balaban J connectivity index is 1.78. The van der Waals surface area contributed by atoms with Crippen molar-refractivity contribution in [3.05, 3.63) is 76.3 Å². The summed E-state index contributed by atoms with van der Waals surface area (Å²) in [5.74, 6) is -0.294. The Morgan fingerprint density at radius 3 is 2.63 bits per heavy atom. The monoisotopic (exact) mass is 364 g/mol. The van der Waals surface area contributed by atoms with E-state index in [0.29, 0.717) is 12.0 Å². The van der Waals surface area contributed by atoms with Crippen LogP contribution in [0.2, 0.25) is 0 Å². The van der Waals surface area contributed by atoms with Crippen LogP contribution in [0.4, 0.5) is 11.4 Å². The molecule has 7 heteroatoms. The lowest BCUT2D eigenvalue weighted by Gasteiger charge is -2.16. The Kier molecular flexibility index (Phi) is 5.12. The number of benzene rings is 3. The van der Waals surface area contributed by atoms with Gasteiger partial charge in [0.15, 0.2) is 12.4 Å². The highest BCUT2D eigenvalue weighted by Crippen LogP contribution is 2.25. The van der Waals surface area contributed by atoms with Crippen LogP contribution >= 0.6 is 0 Å². The second-order valence-electron chi connectivity index (χ2n) is 5.87. The van der Waals surface area contributed by atoms with Gasteiger partial charge in [0, 0.05) is 23.2 Å². The molecule has 0 unspecified atom stereocenters. The summed E-state index contributed by atoms with van der Waals surface area (Å²) in [4.78, 5) is 33.9. The van der Waals surface area contributed by atoms with Crippen LogP contribution < -0.4 is 10.1 Å². The third kappa shape index (κ3) is 3.92. The average molecular weight is 364 g/mol. The van der Waals surface area contributed by atoms with E-state index in [1.54, 1.807) is 6.07 Å². The zero-order valence-corrected chi connectivity index (χ0v) is 14.4. The van der Waals surface area contributed by atoms with Crippen molar-refractivity contribution in [3.63, 3.8) is 0 Å². The van der Waals surface area contributed by atoms with Crippen molar-refractivity contribution >= 4 is 34.3 Å². The molecule has 1 atom stereocenters. The molecule has 0 saturated heterocycles. The van der Waals surface area contributed by atoms with Crippen molar-refractivity contribution in [1.82, 2.24) is 0 Å². The van der Waals surface area contributed by atoms with Crippen LogP contribution in [-0.2, 0) is 4.79 Å². The topological polar surface area (TPSA) is 98.5 Å². The second-order valence-corrected chi connectivity index (χ2v) is 5.87. The Labute approximate surface area is 154 Å². The van der Waals surface area contributed by atoms with Gasteiger partial charge in [-0.2, -0.15) is 0 Å². The number of non-ortho nitro benzene ring substituents is 1. The molecule has 3 aromatic rings. The van der Waals surface area contributed by atoms with E-state index in [2.05, 4.69) is 5.32 Å². The predicted octanol–water partition coefficient (Wildman–Crippen LogP) is 3.97. The van der Waals surface area contributed by atoms with Gasteiger partial charge in [0.2, 0.25) is 0 Å². The number of rotatable bonds is 6. The number of amides is 1. The number of nitrogens with one attached hydrogen (secondary N) is 1. The first-order chi connectivity index (χ1) is 13.0. The smallest absolute Gasteiger partial charge is 0.270 e. The molecule has 3 rings (SSSR count). The van der Waals surface area contributed by atoms with Gasteiger partial charge in [0.25, 0.3) is 11.6 Å². The van der Waals surface area contributed by atoms with Crippen LogP contribution in [0.5, 0.6) is 5.75 Å². The summed E-state index contributed by atoms with van der Waals surface area (Å²) in [7, 11) is 0. The first kappa shape index (κ1) is 18.1. The Morgan fingerprint density at radius 2 is 1.89 bits per heavy atom. The van der Waals surface area contributed by atoms with E-state index < -0.39 is 16.9 Å². The highest BCUT2D eigenvalue weighted by Gasteiger charge is 2.19. The van der Waals surface area contributed by atoms with Crippen LogP contribution in [0.3, 0.4) is 0 Å². The fourth-order valence-corrected chi connectivity index (χ4v) is 2.66. The first-order valence-corrected chi connectivity index (χ1v) is 8.18. The Hall–Kier alpha value is -3.74. The molecule has 0 spiro atoms. The van der Waals surface area contributed by atoms with Gasteiger partial charge in [-0.1, -0.05) is 36.4 Å². The lowest BCUT2D eigenvalue weighted by molar-refractivity contribution is -0.384. The van der Waals surface area contributed by atoms with E-state index in [4.69, 9.17) is 4.74 Å². The highest BCUT2D eigenvalue weighted by molar-refractivity contribution is 6.03. The molecular weight excluding hydrogens is 348 g/mol. The first-order valence-electron chi connectivity index (χ1n) is 8.18. The maximum absolute atomic E-state index is 12.5. The van der Waals surface area contributed by atoms with Crippen molar-refractivity contribution in [3.8, 4) is 5.75 Å². The number of nitro benzene ring substituents is 1. The van der Waals surface area contributed by atoms with Crippen LogP contribution in [0.1, 0.15) is 17.3 Å². The summed E-state index contributed by atoms with van der Waals surface area (Å²) in [6, 6.07) is 16.8. The molecule has 0 aliphatic rings. The van der Waals surface area contributed by atoms with Crippen molar-refractivity contribution in [2.45, 2.75) is 13.0 Å². The van der Waals surface area contributed by atoms with Gasteiger partial charge in [-0.3, -0.25) is 19.7 Å². The number of aldehydes is 1. The molecule has 1 N–H and O–H groups in total. The van der Waals surface area contributed by atoms with Crippen molar-refractivity contribution < 1.29 is 19.2 Å². The summed E-state index contributed by atoms with van der Waals surface area (Å²) in [5, 5.41) is 15.5. The van der Waals surface area contributed by atoms with Crippen LogP contribution in [-0.4, -0.2) is 23.2 Å². The SMILES string of the molecule is C[C@H](Oc1ccc([N+](=O)[O-])cc1C=O)C(=O)Nc1cccc2ccccc12. The number of hydrogen-bond acceptors (Lipinski definition) is 5. The van der Waals surface area contributed by atoms with E-state index in [9.17, 15) is 19.7 Å². The molecule has 0 radical (unpaired) electrons. The summed E-state index contributed by atoms with van der Waals surface area (Å²) in [6.45, 7) is 1.54. The largest absolute Gasteiger partial charge is 0.480 e. The molecule has 3 aromatic carbocycles. The number of anilines is 1. The minimum atomic E-state index is -0.913. The lowest BCUT2D eigenvalue weighted by Crippen LogP contribution is -2.30. The molecule has 1 amide bonds. The zero-order chi connectivity index (χ0) is 19.4. The van der Waals surface area contributed by atoms with E-state index in [0.717, 1.165) is 16.8 Å². The van der Waals surface area contributed by atoms with Crippen LogP contribution in [0.25, 0.3) is 10.8 Å². The fraction of sp³-hybridized carbons (Fsp3) is 0.100. The predicted molar refractivity (Wildman–Crippen MR) is 101 cm³/mol. The normalized spacial score (nSPS) is 11.6. The quantitative estimate of drug-likeness (QED) is 0.405. The molecule has 0 aliphatic heterocycles. The van der Waals surface area contributed by atoms with E-state index >= 15 is 0 Å². The van der Waals surface area contributed by atoms with E-state index in [-0.39, 0.29) is 17.0 Å². The molecule has 27 heavy (non-hydrogen) atoms. The molecule has 7 nitrogen and oxygen atoms in total. The highest BCUT2D eigenvalue weighted by atomic mass is 16.6. The average Bonchev–Trinajstić information content (AvgIpc) is 2.68. The third-order valence-corrected chi connectivity index (χ3v) is 4.05. The van der Waals surface area contributed by atoms with E-state index in [1.807, 2.05) is 36.4 Å². The number of ether oxygens (including phenoxy) is 1. The summed E-state index contributed by atoms with van der Waals surface area (Å²) in [5.41, 5.74) is 0.430. The van der Waals surface area contributed by atoms with Gasteiger partial charge in [0.1, 0.15) is 5.75 Å². The number of hydrogen-bond donors (Lipinski definition) is 1. The molecule has 0 bridgehead atoms. The molecule has 0 aliphatic carbocycles. The Morgan fingerprint density at radius 1 is 1.15 bits per heavy atom. The van der Waals surface area contributed by atoms with Gasteiger partial charge in [-0.15, -0.1) is 0 Å². The molecule has 0 saturated carbocycles. The molecule has 0 fully saturated rings. The molecule has 0 aromatic heterocycles. The molecule has 136 valence electrons. The molecule has 0 heterocycles. The number of nitro groups is 1. The van der Waals surface area contributed by atoms with Crippen LogP contribution in [0, 0.1) is 10.1 Å². The Bertz CT molecular complexity index is 1030. The third-order valence-electron chi connectivity index (χ3n) is 4.05. The van der Waals surface area contributed by atoms with Gasteiger partial charge in [0.05, 0.1) is 10.5 Å². The maximum atomic E-state index is 12.5. The minimum absolute atomic E-state index is 0.00834. The summed E-state index contributed by atoms with van der Waals surface area (Å²) in [6.07, 6.45) is -0.457. The number of nitrogens with zero attached hydrogens (tertiary/aromatic N) is 1. The second kappa shape index (κ2) is 7.65. The lowest BCUT2D eigenvalue weighted by atomic mass is 10.1. The number of carbonyl (C=O) groups is 2. The number of fused-ring (bicyclic) bond motifs is 1. The van der Waals surface area contributed by atoms with Gasteiger partial charge >= 0.3 is 0 Å². The van der Waals surface area contributed by atoms with Crippen molar-refractivity contribution in [2.75, 3.05) is 5.32 Å². The summed E-state index contributed by atoms with van der Waals surface area (Å²) >= 11 is 0. The fourth-order valence-electron chi connectivity index (χ4n) is 2.66. The standard InChI is InChI=1S/C20H16N2O5/c1-13(27-19-10-9-16(22(25)26)11-15(19)12-23)20(24)21-18-8-4-6-14-5-2-3-7-17(14)18/h2-13H,1H3,(H,21,24)/t13-/m0/s1. The summed E-state index contributed by atoms with van der Waals surface area (Å²) < 4.78 is 5.55. The molecular formula is C20H16N2O5. The number of carbonyl (C=O) groups excluding carboxylic acids is 2. The van der Waals surface area contributed by atoms with E-state index in [1.165, 1.54) is 19.1 Å². The maximum Gasteiger partial charge on any atom is 0.270 e. The van der Waals surface area contributed by atoms with Gasteiger partial charge in [-0.05, 0) is 24.4 Å². The van der Waals surface area contributed by atoms with Crippen molar-refractivity contribution in [2.24, 2.45) is 0 Å². The van der Waals surface area contributed by atoms with Gasteiger partial charge in [-0.25, -0.2) is 0 Å². The van der Waals surface area contributed by atoms with Crippen molar-refractivity contribution in [1.29, 1.82) is 0 Å². The van der Waals surface area contributed by atoms with Gasteiger partial charge < -0.3 is 10.1 Å². The van der Waals surface area contributed by atoms with Crippen LogP contribution in [0.15, 0.2) is 60.7 Å². The zero-order valence-electron chi connectivity index (χ0n) is 14.4.